The summed E-state index contributed by atoms with van der Waals surface area (Å²) in [7, 11) is -3.38. The summed E-state index contributed by atoms with van der Waals surface area (Å²) in [5.41, 5.74) is 6.88. The predicted molar refractivity (Wildman–Crippen MR) is 158 cm³/mol. The summed E-state index contributed by atoms with van der Waals surface area (Å²) < 4.78 is 23.3. The number of rotatable bonds is 16. The van der Waals surface area contributed by atoms with E-state index >= 15 is 0 Å². The van der Waals surface area contributed by atoms with Gasteiger partial charge in [-0.15, -0.1) is 0 Å². The number of phenolic OH excluding ortho intramolecular Hbond substituents is 1. The lowest BCUT2D eigenvalue weighted by Gasteiger charge is -2.27. The van der Waals surface area contributed by atoms with Crippen molar-refractivity contribution in [2.45, 2.75) is 91.4 Å². The summed E-state index contributed by atoms with van der Waals surface area (Å²) in [6, 6.07) is 3.14. The minimum atomic E-state index is -3.38. The molecule has 0 aromatic heterocycles. The fourth-order valence-corrected chi connectivity index (χ4v) is 4.63. The van der Waals surface area contributed by atoms with Gasteiger partial charge in [-0.25, -0.2) is 8.42 Å². The normalized spacial score (nSPS) is 15.2. The molecule has 0 radical (unpaired) electrons. The van der Waals surface area contributed by atoms with Gasteiger partial charge >= 0.3 is 0 Å². The molecule has 0 heterocycles. The molecule has 1 aromatic rings. The van der Waals surface area contributed by atoms with Crippen LogP contribution in [0.5, 0.6) is 5.75 Å². The number of carbonyl (C=O) groups excluding carboxylic acids is 3. The van der Waals surface area contributed by atoms with Crippen molar-refractivity contribution in [1.29, 1.82) is 0 Å². The van der Waals surface area contributed by atoms with E-state index in [0.29, 0.717) is 19.3 Å². The van der Waals surface area contributed by atoms with Gasteiger partial charge in [0.25, 0.3) is 0 Å². The van der Waals surface area contributed by atoms with Gasteiger partial charge in [0, 0.05) is 17.7 Å². The van der Waals surface area contributed by atoms with Gasteiger partial charge in [-0.05, 0) is 61.1 Å². The summed E-state index contributed by atoms with van der Waals surface area (Å²) in [6.45, 7) is 11.6. The predicted octanol–water partition coefficient (Wildman–Crippen LogP) is 2.41. The van der Waals surface area contributed by atoms with Crippen LogP contribution in [0.2, 0.25) is 0 Å². The lowest BCUT2D eigenvalue weighted by Crippen LogP contribution is -2.57. The highest BCUT2D eigenvalue weighted by atomic mass is 32.2. The SMILES string of the molecule is CC(C)C[C@@H](/C=C/S(C)(=O)=O)NC(=O)[C@H](CC(C)C)NC(=O)[C@H](CC(C)C)NC(=O)[C@@H](N)Cc1ccc(O)cc1. The van der Waals surface area contributed by atoms with Gasteiger partial charge in [-0.1, -0.05) is 59.8 Å². The Kier molecular flexibility index (Phi) is 14.4. The van der Waals surface area contributed by atoms with Crippen molar-refractivity contribution in [2.24, 2.45) is 23.5 Å². The van der Waals surface area contributed by atoms with Crippen LogP contribution in [0.3, 0.4) is 0 Å². The Balaban J connectivity index is 3.04. The number of nitrogens with one attached hydrogen (secondary N) is 3. The van der Waals surface area contributed by atoms with Gasteiger partial charge in [-0.2, -0.15) is 0 Å². The fraction of sp³-hybridized carbons (Fsp3) is 0.621. The molecule has 11 heteroatoms. The first-order valence-electron chi connectivity index (χ1n) is 13.8. The fourth-order valence-electron chi connectivity index (χ4n) is 4.15. The van der Waals surface area contributed by atoms with E-state index in [0.717, 1.165) is 17.2 Å². The van der Waals surface area contributed by atoms with Crippen LogP contribution in [0.25, 0.3) is 0 Å². The molecule has 0 saturated heterocycles. The number of hydrogen-bond donors (Lipinski definition) is 5. The van der Waals surface area contributed by atoms with E-state index in [2.05, 4.69) is 16.0 Å². The number of benzene rings is 1. The standard InChI is InChI=1S/C29H48N4O6S/c1-18(2)14-22(12-13-40(7,38)39)31-28(36)25(15-19(3)4)33-29(37)26(16-20(5)6)32-27(35)24(30)17-21-8-10-23(34)11-9-21/h8-13,18-20,22,24-26,34H,14-17,30H2,1-7H3,(H,31,36)(H,32,35)(H,33,37)/b13-12+/t22-,24+,25+,26+/m1/s1. The maximum absolute atomic E-state index is 13.4. The molecule has 0 aliphatic rings. The first kappa shape index (κ1) is 35.1. The first-order valence-corrected chi connectivity index (χ1v) is 15.7. The molecule has 0 bridgehead atoms. The minimum absolute atomic E-state index is 0.0679. The molecule has 10 nitrogen and oxygen atoms in total. The van der Waals surface area contributed by atoms with E-state index < -0.39 is 51.7 Å². The Bertz CT molecular complexity index is 1100. The van der Waals surface area contributed by atoms with E-state index in [1.165, 1.54) is 18.2 Å². The van der Waals surface area contributed by atoms with Gasteiger partial charge in [0.1, 0.15) is 17.8 Å². The number of amides is 3. The highest BCUT2D eigenvalue weighted by Gasteiger charge is 2.30. The van der Waals surface area contributed by atoms with Crippen LogP contribution in [0.4, 0.5) is 0 Å². The summed E-state index contributed by atoms with van der Waals surface area (Å²) >= 11 is 0. The molecule has 0 aliphatic carbocycles. The Hall–Kier alpha value is -2.92. The number of hydrogen-bond acceptors (Lipinski definition) is 7. The lowest BCUT2D eigenvalue weighted by atomic mass is 9.98. The number of aromatic hydroxyl groups is 1. The summed E-state index contributed by atoms with van der Waals surface area (Å²) in [4.78, 5) is 39.6. The van der Waals surface area contributed by atoms with E-state index in [9.17, 15) is 27.9 Å². The molecular weight excluding hydrogens is 532 g/mol. The lowest BCUT2D eigenvalue weighted by molar-refractivity contribution is -0.133. The van der Waals surface area contributed by atoms with Gasteiger partial charge in [0.2, 0.25) is 17.7 Å². The van der Waals surface area contributed by atoms with Crippen LogP contribution < -0.4 is 21.7 Å². The average molecular weight is 581 g/mol. The number of sulfone groups is 1. The van der Waals surface area contributed by atoms with Crippen LogP contribution in [-0.2, 0) is 30.6 Å². The highest BCUT2D eigenvalue weighted by Crippen LogP contribution is 2.13. The molecule has 3 amide bonds. The zero-order valence-corrected chi connectivity index (χ0v) is 25.6. The molecule has 0 aliphatic heterocycles. The Morgan fingerprint density at radius 2 is 1.25 bits per heavy atom. The summed E-state index contributed by atoms with van der Waals surface area (Å²) in [6.07, 6.45) is 3.97. The van der Waals surface area contributed by atoms with Gasteiger partial charge < -0.3 is 26.8 Å². The quantitative estimate of drug-likeness (QED) is 0.200. The average Bonchev–Trinajstić information content (AvgIpc) is 2.81. The van der Waals surface area contributed by atoms with E-state index in [1.807, 2.05) is 41.5 Å². The van der Waals surface area contributed by atoms with Crippen LogP contribution in [0.1, 0.15) is 66.4 Å². The van der Waals surface area contributed by atoms with E-state index in [-0.39, 0.29) is 29.9 Å². The Morgan fingerprint density at radius 3 is 1.70 bits per heavy atom. The summed E-state index contributed by atoms with van der Waals surface area (Å²) in [5, 5.41) is 19.0. The van der Waals surface area contributed by atoms with Crippen molar-refractivity contribution >= 4 is 27.6 Å². The van der Waals surface area contributed by atoms with Crippen molar-refractivity contribution in [1.82, 2.24) is 16.0 Å². The van der Waals surface area contributed by atoms with E-state index in [1.54, 1.807) is 12.1 Å². The molecule has 6 N–H and O–H groups in total. The molecule has 0 fully saturated rings. The number of nitrogens with two attached hydrogens (primary N) is 1. The molecule has 226 valence electrons. The third-order valence-corrected chi connectivity index (χ3v) is 6.67. The third kappa shape index (κ3) is 14.5. The maximum atomic E-state index is 13.4. The molecule has 4 atom stereocenters. The van der Waals surface area contributed by atoms with Crippen molar-refractivity contribution in [3.05, 3.63) is 41.3 Å². The molecule has 1 rings (SSSR count). The van der Waals surface area contributed by atoms with Crippen molar-refractivity contribution in [3.8, 4) is 5.75 Å². The van der Waals surface area contributed by atoms with Crippen LogP contribution >= 0.6 is 0 Å². The topological polar surface area (TPSA) is 168 Å². The van der Waals surface area contributed by atoms with Crippen LogP contribution in [0.15, 0.2) is 35.7 Å². The molecule has 40 heavy (non-hydrogen) atoms. The van der Waals surface area contributed by atoms with Gasteiger partial charge in [0.15, 0.2) is 9.84 Å². The maximum Gasteiger partial charge on any atom is 0.243 e. The molecule has 1 aromatic carbocycles. The van der Waals surface area contributed by atoms with Crippen molar-refractivity contribution < 1.29 is 27.9 Å². The monoisotopic (exact) mass is 580 g/mol. The van der Waals surface area contributed by atoms with Crippen LogP contribution in [0, 0.1) is 17.8 Å². The van der Waals surface area contributed by atoms with Gasteiger partial charge in [0.05, 0.1) is 6.04 Å². The zero-order chi connectivity index (χ0) is 30.6. The third-order valence-electron chi connectivity index (χ3n) is 6.02. The van der Waals surface area contributed by atoms with Crippen molar-refractivity contribution in [2.75, 3.05) is 6.26 Å². The second kappa shape index (κ2) is 16.4. The smallest absolute Gasteiger partial charge is 0.243 e. The highest BCUT2D eigenvalue weighted by molar-refractivity contribution is 7.93. The Labute approximate surface area is 239 Å². The largest absolute Gasteiger partial charge is 0.508 e. The van der Waals surface area contributed by atoms with E-state index in [4.69, 9.17) is 5.73 Å². The number of phenols is 1. The molecule has 0 spiro atoms. The van der Waals surface area contributed by atoms with Gasteiger partial charge in [-0.3, -0.25) is 14.4 Å². The molecule has 0 unspecified atom stereocenters. The zero-order valence-electron chi connectivity index (χ0n) is 24.8. The molecular formula is C29H48N4O6S. The second-order valence-electron chi connectivity index (χ2n) is 11.8. The van der Waals surface area contributed by atoms with Crippen LogP contribution in [-0.4, -0.2) is 61.7 Å². The second-order valence-corrected chi connectivity index (χ2v) is 13.7. The summed E-state index contributed by atoms with van der Waals surface area (Å²) in [5.74, 6) is -0.985. The Morgan fingerprint density at radius 1 is 0.800 bits per heavy atom. The van der Waals surface area contributed by atoms with Crippen molar-refractivity contribution in [3.63, 3.8) is 0 Å². The first-order chi connectivity index (χ1) is 18.5. The minimum Gasteiger partial charge on any atom is -0.508 e. The number of carbonyl (C=O) groups is 3. The molecule has 0 saturated carbocycles.